The molecular weight excluding hydrogens is 418 g/mol. The highest BCUT2D eigenvalue weighted by Gasteiger charge is 2.28. The molecule has 0 aliphatic carbocycles. The zero-order chi connectivity index (χ0) is 22.7. The van der Waals surface area contributed by atoms with E-state index in [0.29, 0.717) is 60.6 Å². The van der Waals surface area contributed by atoms with E-state index in [-0.39, 0.29) is 43.4 Å². The van der Waals surface area contributed by atoms with E-state index in [1.165, 1.54) is 0 Å². The number of carbonyl (C=O) groups is 3. The maximum Gasteiger partial charge on any atom is 0.356 e. The van der Waals surface area contributed by atoms with Crippen LogP contribution in [0.4, 0.5) is 5.69 Å². The summed E-state index contributed by atoms with van der Waals surface area (Å²) in [4.78, 5) is 42.3. The van der Waals surface area contributed by atoms with Crippen LogP contribution in [0.2, 0.25) is 0 Å². The molecule has 2 aliphatic rings. The number of aromatic amines is 1. The molecule has 1 fully saturated rings. The Kier molecular flexibility index (Phi) is 6.50. The molecule has 0 radical (unpaired) electrons. The van der Waals surface area contributed by atoms with Crippen LogP contribution >= 0.6 is 0 Å². The maximum absolute atomic E-state index is 12.8. The Labute approximate surface area is 185 Å². The monoisotopic (exact) mass is 445 g/mol. The summed E-state index contributed by atoms with van der Waals surface area (Å²) in [6.07, 6.45) is 1.30. The molecular formula is C22H27N3O7. The van der Waals surface area contributed by atoms with Crippen molar-refractivity contribution in [2.75, 3.05) is 45.0 Å². The molecule has 1 aromatic heterocycles. The molecule has 10 nitrogen and oxygen atoms in total. The van der Waals surface area contributed by atoms with E-state index in [2.05, 4.69) is 10.3 Å². The quantitative estimate of drug-likeness (QED) is 0.623. The molecule has 0 saturated carbocycles. The van der Waals surface area contributed by atoms with Crippen molar-refractivity contribution >= 4 is 34.4 Å². The van der Waals surface area contributed by atoms with Crippen molar-refractivity contribution in [2.45, 2.75) is 26.7 Å². The molecule has 4 rings (SSSR count). The predicted molar refractivity (Wildman–Crippen MR) is 115 cm³/mol. The highest BCUT2D eigenvalue weighted by molar-refractivity contribution is 6.11. The first kappa shape index (κ1) is 21.9. The second kappa shape index (κ2) is 9.47. The molecule has 0 spiro atoms. The van der Waals surface area contributed by atoms with Crippen molar-refractivity contribution in [3.8, 4) is 11.5 Å². The summed E-state index contributed by atoms with van der Waals surface area (Å²) in [6.45, 7) is 5.59. The molecule has 0 unspecified atom stereocenters. The predicted octanol–water partition coefficient (Wildman–Crippen LogP) is 2.29. The minimum absolute atomic E-state index is 0.121. The molecule has 2 aromatic rings. The number of nitrogens with one attached hydrogen (secondary N) is 2. The number of fused-ring (bicyclic) bond motifs is 2. The van der Waals surface area contributed by atoms with Gasteiger partial charge in [0, 0.05) is 11.5 Å². The molecule has 10 heteroatoms. The average Bonchev–Trinajstić information content (AvgIpc) is 3.37. The van der Waals surface area contributed by atoms with Gasteiger partial charge in [0.15, 0.2) is 11.5 Å². The number of ether oxygens (including phenoxy) is 4. The fourth-order valence-corrected chi connectivity index (χ4v) is 4.04. The Balaban J connectivity index is 1.48. The van der Waals surface area contributed by atoms with Gasteiger partial charge in [0.05, 0.1) is 36.9 Å². The summed E-state index contributed by atoms with van der Waals surface area (Å²) in [7, 11) is 0. The van der Waals surface area contributed by atoms with Crippen LogP contribution in [-0.4, -0.2) is 67.4 Å². The van der Waals surface area contributed by atoms with Crippen LogP contribution in [0.25, 0.3) is 10.9 Å². The zero-order valence-corrected chi connectivity index (χ0v) is 18.2. The fourth-order valence-electron chi connectivity index (χ4n) is 4.04. The number of nitrogens with zero attached hydrogens (tertiary/aromatic N) is 1. The second-order valence-corrected chi connectivity index (χ2v) is 7.70. The highest BCUT2D eigenvalue weighted by atomic mass is 16.7. The summed E-state index contributed by atoms with van der Waals surface area (Å²) >= 11 is 0. The van der Waals surface area contributed by atoms with Gasteiger partial charge in [-0.2, -0.15) is 0 Å². The van der Waals surface area contributed by atoms with Gasteiger partial charge in [0.2, 0.25) is 12.7 Å². The number of anilines is 1. The Hall–Kier alpha value is -3.27. The number of aromatic nitrogens is 1. The van der Waals surface area contributed by atoms with Crippen LogP contribution in [0.15, 0.2) is 12.1 Å². The number of likely N-dealkylation sites (tertiary alicyclic amines) is 1. The van der Waals surface area contributed by atoms with Crippen LogP contribution < -0.4 is 14.8 Å². The van der Waals surface area contributed by atoms with E-state index in [4.69, 9.17) is 18.9 Å². The Morgan fingerprint density at radius 2 is 1.78 bits per heavy atom. The largest absolute Gasteiger partial charge is 0.466 e. The summed E-state index contributed by atoms with van der Waals surface area (Å²) < 4.78 is 21.1. The number of benzene rings is 1. The molecule has 2 aliphatic heterocycles. The van der Waals surface area contributed by atoms with Gasteiger partial charge in [0.1, 0.15) is 5.69 Å². The highest BCUT2D eigenvalue weighted by Crippen LogP contribution is 2.40. The third-order valence-corrected chi connectivity index (χ3v) is 5.61. The van der Waals surface area contributed by atoms with E-state index in [9.17, 15) is 14.4 Å². The summed E-state index contributed by atoms with van der Waals surface area (Å²) in [6, 6.07) is 3.47. The molecule has 1 aromatic carbocycles. The minimum atomic E-state index is -0.559. The zero-order valence-electron chi connectivity index (χ0n) is 18.2. The van der Waals surface area contributed by atoms with Crippen molar-refractivity contribution < 1.29 is 33.3 Å². The summed E-state index contributed by atoms with van der Waals surface area (Å²) in [5, 5.41) is 3.50. The molecule has 0 bridgehead atoms. The van der Waals surface area contributed by atoms with E-state index >= 15 is 0 Å². The number of H-pyrrole nitrogens is 1. The minimum Gasteiger partial charge on any atom is -0.466 e. The fraction of sp³-hybridized carbons (Fsp3) is 0.500. The SMILES string of the molecule is CCOC(=O)c1[nH]c2cc3c(cc2c1NC(=O)CN1CCC(C(=O)OCC)CC1)OCO3. The average molecular weight is 445 g/mol. The first-order valence-electron chi connectivity index (χ1n) is 10.8. The number of amides is 1. The first-order valence-corrected chi connectivity index (χ1v) is 10.8. The normalized spacial score (nSPS) is 16.2. The molecule has 32 heavy (non-hydrogen) atoms. The number of carbonyl (C=O) groups excluding carboxylic acids is 3. The van der Waals surface area contributed by atoms with Crippen molar-refractivity contribution in [2.24, 2.45) is 5.92 Å². The molecule has 1 saturated heterocycles. The van der Waals surface area contributed by atoms with Crippen LogP contribution in [0.5, 0.6) is 11.5 Å². The van der Waals surface area contributed by atoms with E-state index in [1.54, 1.807) is 26.0 Å². The van der Waals surface area contributed by atoms with Crippen LogP contribution in [0.1, 0.15) is 37.2 Å². The molecule has 3 heterocycles. The number of piperidine rings is 1. The lowest BCUT2D eigenvalue weighted by molar-refractivity contribution is -0.149. The topological polar surface area (TPSA) is 119 Å². The van der Waals surface area contributed by atoms with Gasteiger partial charge < -0.3 is 29.2 Å². The Morgan fingerprint density at radius 1 is 1.09 bits per heavy atom. The van der Waals surface area contributed by atoms with Gasteiger partial charge >= 0.3 is 11.9 Å². The van der Waals surface area contributed by atoms with Crippen LogP contribution in [-0.2, 0) is 19.1 Å². The van der Waals surface area contributed by atoms with Crippen LogP contribution in [0.3, 0.4) is 0 Å². The first-order chi connectivity index (χ1) is 15.5. The lowest BCUT2D eigenvalue weighted by Crippen LogP contribution is -2.41. The lowest BCUT2D eigenvalue weighted by Gasteiger charge is -2.30. The third-order valence-electron chi connectivity index (χ3n) is 5.61. The van der Waals surface area contributed by atoms with Crippen LogP contribution in [0, 0.1) is 5.92 Å². The number of rotatable bonds is 7. The third kappa shape index (κ3) is 4.50. The lowest BCUT2D eigenvalue weighted by atomic mass is 9.97. The smallest absolute Gasteiger partial charge is 0.356 e. The van der Waals surface area contributed by atoms with Crippen molar-refractivity contribution in [3.63, 3.8) is 0 Å². The van der Waals surface area contributed by atoms with E-state index in [1.807, 2.05) is 4.90 Å². The second-order valence-electron chi connectivity index (χ2n) is 7.70. The van der Waals surface area contributed by atoms with E-state index < -0.39 is 5.97 Å². The van der Waals surface area contributed by atoms with Crippen molar-refractivity contribution in [3.05, 3.63) is 17.8 Å². The Bertz CT molecular complexity index is 1020. The molecule has 1 amide bonds. The number of esters is 2. The standard InChI is InChI=1S/C22H27N3O7/c1-3-29-21(27)13-5-7-25(8-6-13)11-18(26)24-19-14-9-16-17(32-12-31-16)10-15(14)23-20(19)22(28)30-4-2/h9-10,13,23H,3-8,11-12H2,1-2H3,(H,24,26). The van der Waals surface area contributed by atoms with Gasteiger partial charge in [-0.25, -0.2) is 4.79 Å². The van der Waals surface area contributed by atoms with E-state index in [0.717, 1.165) is 0 Å². The number of hydrogen-bond acceptors (Lipinski definition) is 8. The summed E-state index contributed by atoms with van der Waals surface area (Å²) in [5.74, 6) is -0.00397. The molecule has 0 atom stereocenters. The Morgan fingerprint density at radius 3 is 2.47 bits per heavy atom. The van der Waals surface area contributed by atoms with Crippen molar-refractivity contribution in [1.82, 2.24) is 9.88 Å². The number of hydrogen-bond donors (Lipinski definition) is 2. The molecule has 172 valence electrons. The summed E-state index contributed by atoms with van der Waals surface area (Å²) in [5.41, 5.74) is 1.14. The van der Waals surface area contributed by atoms with Gasteiger partial charge in [-0.15, -0.1) is 0 Å². The van der Waals surface area contributed by atoms with Gasteiger partial charge in [-0.1, -0.05) is 0 Å². The van der Waals surface area contributed by atoms with Gasteiger partial charge in [-0.3, -0.25) is 14.5 Å². The van der Waals surface area contributed by atoms with Crippen molar-refractivity contribution in [1.29, 1.82) is 0 Å². The van der Waals surface area contributed by atoms with Gasteiger partial charge in [0.25, 0.3) is 0 Å². The maximum atomic E-state index is 12.8. The molecule has 2 N–H and O–H groups in total. The van der Waals surface area contributed by atoms with Gasteiger partial charge in [-0.05, 0) is 45.8 Å².